The molecule has 3 heteroatoms. The van der Waals surface area contributed by atoms with Gasteiger partial charge >= 0.3 is 0 Å². The van der Waals surface area contributed by atoms with Gasteiger partial charge in [0.15, 0.2) is 0 Å². The molecule has 0 spiro atoms. The zero-order chi connectivity index (χ0) is 12.8. The van der Waals surface area contributed by atoms with Gasteiger partial charge in [-0.2, -0.15) is 11.8 Å². The molecule has 0 aromatic heterocycles. The van der Waals surface area contributed by atoms with Crippen molar-refractivity contribution in [2.45, 2.75) is 43.4 Å². The average molecular weight is 267 g/mol. The van der Waals surface area contributed by atoms with Crippen LogP contribution in [-0.2, 0) is 0 Å². The highest BCUT2D eigenvalue weighted by molar-refractivity contribution is 7.99. The molecule has 1 nitrogen and oxygen atoms in total. The topological polar surface area (TPSA) is 12.0 Å². The van der Waals surface area contributed by atoms with E-state index in [2.05, 4.69) is 5.32 Å². The van der Waals surface area contributed by atoms with Crippen LogP contribution in [0.15, 0.2) is 24.3 Å². The molecule has 18 heavy (non-hydrogen) atoms. The normalized spacial score (nSPS) is 18.8. The van der Waals surface area contributed by atoms with Crippen molar-refractivity contribution in [1.82, 2.24) is 5.32 Å². The van der Waals surface area contributed by atoms with Crippen molar-refractivity contribution >= 4 is 11.8 Å². The van der Waals surface area contributed by atoms with Crippen LogP contribution in [0.4, 0.5) is 4.39 Å². The molecule has 0 bridgehead atoms. The van der Waals surface area contributed by atoms with Gasteiger partial charge in [-0.05, 0) is 37.6 Å². The molecule has 1 N–H and O–H groups in total. The summed E-state index contributed by atoms with van der Waals surface area (Å²) in [5.74, 6) is 0.889. The average Bonchev–Trinajstić information content (AvgIpc) is 2.41. The molecular weight excluding hydrogens is 245 g/mol. The van der Waals surface area contributed by atoms with Crippen LogP contribution in [0, 0.1) is 5.82 Å². The first-order chi connectivity index (χ1) is 8.79. The first-order valence-corrected chi connectivity index (χ1v) is 7.89. The molecule has 1 atom stereocenters. The molecule has 2 rings (SSSR count). The first-order valence-electron chi connectivity index (χ1n) is 6.84. The lowest BCUT2D eigenvalue weighted by Crippen LogP contribution is -2.21. The van der Waals surface area contributed by atoms with E-state index in [1.807, 2.05) is 24.9 Å². The summed E-state index contributed by atoms with van der Waals surface area (Å²) >= 11 is 2.05. The van der Waals surface area contributed by atoms with E-state index in [0.29, 0.717) is 0 Å². The van der Waals surface area contributed by atoms with Gasteiger partial charge in [-0.25, -0.2) is 4.39 Å². The summed E-state index contributed by atoms with van der Waals surface area (Å²) in [7, 11) is 1.96. The van der Waals surface area contributed by atoms with Gasteiger partial charge in [-0.1, -0.05) is 31.4 Å². The number of halogens is 1. The Hall–Kier alpha value is -0.540. The maximum Gasteiger partial charge on any atom is 0.123 e. The molecule has 0 aliphatic heterocycles. The van der Waals surface area contributed by atoms with E-state index in [-0.39, 0.29) is 11.9 Å². The third kappa shape index (κ3) is 3.99. The van der Waals surface area contributed by atoms with Crippen LogP contribution in [-0.4, -0.2) is 18.1 Å². The van der Waals surface area contributed by atoms with Crippen molar-refractivity contribution in [1.29, 1.82) is 0 Å². The van der Waals surface area contributed by atoms with Crippen molar-refractivity contribution in [2.75, 3.05) is 12.8 Å². The third-order valence-electron chi connectivity index (χ3n) is 3.65. The monoisotopic (exact) mass is 267 g/mol. The van der Waals surface area contributed by atoms with Gasteiger partial charge in [-0.3, -0.25) is 0 Å². The lowest BCUT2D eigenvalue weighted by atomic mass is 10.0. The Morgan fingerprint density at radius 3 is 2.78 bits per heavy atom. The molecule has 1 aromatic carbocycles. The molecule has 1 unspecified atom stereocenters. The molecule has 1 aliphatic carbocycles. The quantitative estimate of drug-likeness (QED) is 0.860. The second-order valence-electron chi connectivity index (χ2n) is 4.99. The van der Waals surface area contributed by atoms with Crippen LogP contribution in [0.5, 0.6) is 0 Å². The number of thioether (sulfide) groups is 1. The second kappa shape index (κ2) is 7.15. The third-order valence-corrected chi connectivity index (χ3v) is 5.12. The van der Waals surface area contributed by atoms with Crippen LogP contribution in [0.2, 0.25) is 0 Å². The number of hydrogen-bond acceptors (Lipinski definition) is 2. The zero-order valence-electron chi connectivity index (χ0n) is 11.0. The smallest absolute Gasteiger partial charge is 0.123 e. The van der Waals surface area contributed by atoms with Crippen molar-refractivity contribution < 1.29 is 4.39 Å². The summed E-state index contributed by atoms with van der Waals surface area (Å²) in [6.07, 6.45) is 6.86. The summed E-state index contributed by atoms with van der Waals surface area (Å²) in [4.78, 5) is 0. The van der Waals surface area contributed by atoms with Gasteiger partial charge in [0.2, 0.25) is 0 Å². The summed E-state index contributed by atoms with van der Waals surface area (Å²) < 4.78 is 13.2. The Morgan fingerprint density at radius 2 is 2.11 bits per heavy atom. The lowest BCUT2D eigenvalue weighted by Gasteiger charge is -2.24. The highest BCUT2D eigenvalue weighted by Gasteiger charge is 2.17. The van der Waals surface area contributed by atoms with Crippen LogP contribution < -0.4 is 5.32 Å². The van der Waals surface area contributed by atoms with Crippen LogP contribution in [0.1, 0.15) is 43.7 Å². The van der Waals surface area contributed by atoms with Gasteiger partial charge in [0.1, 0.15) is 5.82 Å². The highest BCUT2D eigenvalue weighted by Crippen LogP contribution is 2.31. The van der Waals surface area contributed by atoms with Gasteiger partial charge in [0.25, 0.3) is 0 Å². The van der Waals surface area contributed by atoms with E-state index >= 15 is 0 Å². The fourth-order valence-electron chi connectivity index (χ4n) is 2.53. The molecule has 0 heterocycles. The fourth-order valence-corrected chi connectivity index (χ4v) is 4.02. The van der Waals surface area contributed by atoms with Crippen LogP contribution in [0.25, 0.3) is 0 Å². The predicted octanol–water partition coefficient (Wildman–Crippen LogP) is 4.15. The molecule has 0 amide bonds. The summed E-state index contributed by atoms with van der Waals surface area (Å²) in [6.45, 7) is 0. The lowest BCUT2D eigenvalue weighted by molar-refractivity contribution is 0.514. The van der Waals surface area contributed by atoms with Crippen LogP contribution >= 0.6 is 11.8 Å². The molecule has 1 aliphatic rings. The molecular formula is C15H22FNS. The minimum Gasteiger partial charge on any atom is -0.312 e. The number of benzene rings is 1. The van der Waals surface area contributed by atoms with E-state index < -0.39 is 0 Å². The zero-order valence-corrected chi connectivity index (χ0v) is 11.8. The minimum absolute atomic E-state index is 0.143. The van der Waals surface area contributed by atoms with Crippen molar-refractivity contribution in [3.63, 3.8) is 0 Å². The summed E-state index contributed by atoms with van der Waals surface area (Å²) in [6, 6.07) is 7.20. The Labute approximate surface area is 114 Å². The van der Waals surface area contributed by atoms with E-state index in [0.717, 1.165) is 16.6 Å². The Bertz CT molecular complexity index is 363. The molecule has 1 fully saturated rings. The van der Waals surface area contributed by atoms with Crippen LogP contribution in [0.3, 0.4) is 0 Å². The van der Waals surface area contributed by atoms with Crippen molar-refractivity contribution in [3.05, 3.63) is 35.6 Å². The van der Waals surface area contributed by atoms with Gasteiger partial charge in [0.05, 0.1) is 0 Å². The predicted molar refractivity (Wildman–Crippen MR) is 77.5 cm³/mol. The fraction of sp³-hybridized carbons (Fsp3) is 0.600. The molecule has 1 saturated carbocycles. The Kier molecular flexibility index (Phi) is 5.51. The van der Waals surface area contributed by atoms with E-state index in [4.69, 9.17) is 0 Å². The summed E-state index contributed by atoms with van der Waals surface area (Å²) in [5.41, 5.74) is 1.06. The maximum absolute atomic E-state index is 13.2. The number of hydrogen-bond donors (Lipinski definition) is 1. The molecule has 100 valence electrons. The van der Waals surface area contributed by atoms with E-state index in [1.54, 1.807) is 12.1 Å². The number of rotatable bonds is 5. The SMILES string of the molecule is CNC(CSC1CCCCC1)c1cccc(F)c1. The molecule has 0 saturated heterocycles. The van der Waals surface area contributed by atoms with Crippen molar-refractivity contribution in [3.8, 4) is 0 Å². The molecule has 1 aromatic rings. The van der Waals surface area contributed by atoms with Gasteiger partial charge in [-0.15, -0.1) is 0 Å². The van der Waals surface area contributed by atoms with Gasteiger partial charge < -0.3 is 5.32 Å². The Morgan fingerprint density at radius 1 is 1.33 bits per heavy atom. The maximum atomic E-state index is 13.2. The van der Waals surface area contributed by atoms with Gasteiger partial charge in [0, 0.05) is 17.0 Å². The first kappa shape index (κ1) is 13.9. The second-order valence-corrected chi connectivity index (χ2v) is 6.32. The highest BCUT2D eigenvalue weighted by atomic mass is 32.2. The standard InChI is InChI=1S/C15H22FNS/c1-17-15(12-6-5-7-13(16)10-12)11-18-14-8-3-2-4-9-14/h5-7,10,14-15,17H,2-4,8-9,11H2,1H3. The largest absolute Gasteiger partial charge is 0.312 e. The summed E-state index contributed by atoms with van der Waals surface area (Å²) in [5, 5.41) is 4.11. The van der Waals surface area contributed by atoms with E-state index in [1.165, 1.54) is 38.2 Å². The molecule has 0 radical (unpaired) electrons. The number of nitrogens with one attached hydrogen (secondary N) is 1. The van der Waals surface area contributed by atoms with Crippen molar-refractivity contribution in [2.24, 2.45) is 0 Å². The van der Waals surface area contributed by atoms with E-state index in [9.17, 15) is 4.39 Å². The Balaban J connectivity index is 1.88. The minimum atomic E-state index is -0.143.